The van der Waals surface area contributed by atoms with Gasteiger partial charge in [0.1, 0.15) is 6.67 Å². The van der Waals surface area contributed by atoms with E-state index in [1.165, 1.54) is 7.11 Å². The van der Waals surface area contributed by atoms with Crippen LogP contribution in [0.25, 0.3) is 0 Å². The Hall–Kier alpha value is -0.390. The van der Waals surface area contributed by atoms with Crippen LogP contribution in [0, 0.1) is 0 Å². The van der Waals surface area contributed by atoms with Crippen molar-refractivity contribution in [3.8, 4) is 0 Å². The maximum Gasteiger partial charge on any atom is 0.107 e. The smallest absolute Gasteiger partial charge is 0.107 e. The molecule has 2 nitrogen and oxygen atoms in total. The van der Waals surface area contributed by atoms with Crippen LogP contribution in [-0.4, -0.2) is 44.1 Å². The van der Waals surface area contributed by atoms with E-state index in [1.54, 1.807) is 11.8 Å². The maximum atomic E-state index is 12.7. The van der Waals surface area contributed by atoms with Crippen LogP contribution in [0.1, 0.15) is 19.8 Å². The van der Waals surface area contributed by atoms with Crippen molar-refractivity contribution < 1.29 is 13.5 Å². The normalized spacial score (nSPS) is 15.9. The van der Waals surface area contributed by atoms with E-state index in [0.717, 1.165) is 23.5 Å². The molecule has 0 heterocycles. The van der Waals surface area contributed by atoms with E-state index >= 15 is 0 Å². The van der Waals surface area contributed by atoms with E-state index in [9.17, 15) is 8.78 Å². The molecule has 2 N–H and O–H groups in total. The fourth-order valence-corrected chi connectivity index (χ4v) is 2.36. The Bertz CT molecular complexity index is 272. The largest absolute Gasteiger partial charge is 0.375 e. The first-order valence-corrected chi connectivity index (χ1v) is 7.71. The van der Waals surface area contributed by atoms with Crippen LogP contribution in [0.15, 0.2) is 23.8 Å². The highest BCUT2D eigenvalue weighted by molar-refractivity contribution is 7.99. The number of hydrogen-bond donors (Lipinski definition) is 1. The number of ether oxygens (including phenoxy) is 1. The average molecular weight is 293 g/mol. The van der Waals surface area contributed by atoms with Gasteiger partial charge in [-0.15, -0.1) is 0 Å². The molecule has 0 aliphatic heterocycles. The SMILES string of the molecule is CC/C=C(\C=C/CSCCCF)[C@@H](OC)C(N)CF. The molecule has 0 aromatic carbocycles. The van der Waals surface area contributed by atoms with Gasteiger partial charge in [0.15, 0.2) is 0 Å². The third-order valence-electron chi connectivity index (χ3n) is 2.54. The number of allylic oxidation sites excluding steroid dienone is 1. The summed E-state index contributed by atoms with van der Waals surface area (Å²) in [5.74, 6) is 1.62. The third kappa shape index (κ3) is 8.39. The Kier molecular flexibility index (Phi) is 12.4. The van der Waals surface area contributed by atoms with E-state index in [4.69, 9.17) is 10.5 Å². The first kappa shape index (κ1) is 18.6. The highest BCUT2D eigenvalue weighted by atomic mass is 32.2. The lowest BCUT2D eigenvalue weighted by Gasteiger charge is -2.21. The van der Waals surface area contributed by atoms with E-state index < -0.39 is 18.8 Å². The summed E-state index contributed by atoms with van der Waals surface area (Å²) >= 11 is 1.67. The highest BCUT2D eigenvalue weighted by Gasteiger charge is 2.19. The third-order valence-corrected chi connectivity index (χ3v) is 3.54. The predicted molar refractivity (Wildman–Crippen MR) is 80.2 cm³/mol. The molecule has 0 aromatic heterocycles. The molecule has 19 heavy (non-hydrogen) atoms. The van der Waals surface area contributed by atoms with Gasteiger partial charge >= 0.3 is 0 Å². The minimum absolute atomic E-state index is 0.269. The van der Waals surface area contributed by atoms with Crippen molar-refractivity contribution in [3.63, 3.8) is 0 Å². The number of halogens is 2. The molecule has 0 spiro atoms. The summed E-state index contributed by atoms with van der Waals surface area (Å²) in [5.41, 5.74) is 6.61. The van der Waals surface area contributed by atoms with E-state index in [0.29, 0.717) is 6.42 Å². The molecule has 0 radical (unpaired) electrons. The van der Waals surface area contributed by atoms with Gasteiger partial charge in [-0.1, -0.05) is 25.2 Å². The van der Waals surface area contributed by atoms with E-state index in [-0.39, 0.29) is 6.67 Å². The van der Waals surface area contributed by atoms with Gasteiger partial charge in [-0.3, -0.25) is 4.39 Å². The molecule has 0 aliphatic rings. The molecule has 0 fully saturated rings. The van der Waals surface area contributed by atoms with Crippen molar-refractivity contribution >= 4 is 11.8 Å². The van der Waals surface area contributed by atoms with Gasteiger partial charge in [0.2, 0.25) is 0 Å². The van der Waals surface area contributed by atoms with Crippen molar-refractivity contribution in [2.45, 2.75) is 31.9 Å². The van der Waals surface area contributed by atoms with Crippen molar-refractivity contribution in [1.29, 1.82) is 0 Å². The molecule has 0 aliphatic carbocycles. The average Bonchev–Trinajstić information content (AvgIpc) is 2.43. The summed E-state index contributed by atoms with van der Waals surface area (Å²) in [7, 11) is 1.54. The zero-order valence-electron chi connectivity index (χ0n) is 11.8. The summed E-state index contributed by atoms with van der Waals surface area (Å²) in [6.07, 6.45) is 6.91. The van der Waals surface area contributed by atoms with Crippen LogP contribution in [-0.2, 0) is 4.74 Å². The maximum absolute atomic E-state index is 12.7. The molecule has 0 saturated heterocycles. The summed E-state index contributed by atoms with van der Waals surface area (Å²) in [4.78, 5) is 0. The minimum atomic E-state index is -0.647. The lowest BCUT2D eigenvalue weighted by molar-refractivity contribution is 0.102. The molecule has 1 unspecified atom stereocenters. The molecule has 2 atom stereocenters. The first-order valence-electron chi connectivity index (χ1n) is 6.55. The second kappa shape index (κ2) is 12.6. The molecule has 0 aromatic rings. The number of thioether (sulfide) groups is 1. The van der Waals surface area contributed by atoms with E-state index in [2.05, 4.69) is 0 Å². The Morgan fingerprint density at radius 2 is 2.16 bits per heavy atom. The van der Waals surface area contributed by atoms with Gasteiger partial charge in [-0.05, 0) is 24.2 Å². The van der Waals surface area contributed by atoms with Gasteiger partial charge in [-0.25, -0.2) is 4.39 Å². The Morgan fingerprint density at radius 1 is 1.42 bits per heavy atom. The zero-order chi connectivity index (χ0) is 14.5. The number of nitrogens with two attached hydrogens (primary N) is 1. The van der Waals surface area contributed by atoms with Crippen LogP contribution in [0.4, 0.5) is 8.78 Å². The molecule has 0 bridgehead atoms. The second-order valence-corrected chi connectivity index (χ2v) is 5.26. The summed E-state index contributed by atoms with van der Waals surface area (Å²) in [5, 5.41) is 0. The lowest BCUT2D eigenvalue weighted by Crippen LogP contribution is -2.39. The Morgan fingerprint density at radius 3 is 2.68 bits per heavy atom. The van der Waals surface area contributed by atoms with Crippen LogP contribution in [0.2, 0.25) is 0 Å². The fourth-order valence-electron chi connectivity index (χ4n) is 1.65. The van der Waals surface area contributed by atoms with Gasteiger partial charge in [0, 0.05) is 12.9 Å². The second-order valence-electron chi connectivity index (χ2n) is 4.11. The number of rotatable bonds is 11. The monoisotopic (exact) mass is 293 g/mol. The minimum Gasteiger partial charge on any atom is -0.375 e. The molecule has 0 amide bonds. The van der Waals surface area contributed by atoms with Gasteiger partial charge in [-0.2, -0.15) is 11.8 Å². The predicted octanol–water partition coefficient (Wildman–Crippen LogP) is 3.28. The lowest BCUT2D eigenvalue weighted by atomic mass is 10.0. The first-order chi connectivity index (χ1) is 9.21. The topological polar surface area (TPSA) is 35.2 Å². The van der Waals surface area contributed by atoms with Crippen LogP contribution in [0.5, 0.6) is 0 Å². The molecule has 0 saturated carbocycles. The number of methoxy groups -OCH3 is 1. The summed E-state index contributed by atoms with van der Waals surface area (Å²) in [6.45, 7) is 1.13. The summed E-state index contributed by atoms with van der Waals surface area (Å²) < 4.78 is 29.8. The quantitative estimate of drug-likeness (QED) is 0.469. The van der Waals surface area contributed by atoms with Crippen LogP contribution in [0.3, 0.4) is 0 Å². The van der Waals surface area contributed by atoms with Gasteiger partial charge < -0.3 is 10.5 Å². The van der Waals surface area contributed by atoms with Crippen molar-refractivity contribution in [2.75, 3.05) is 32.0 Å². The Balaban J connectivity index is 4.39. The van der Waals surface area contributed by atoms with Crippen molar-refractivity contribution in [2.24, 2.45) is 5.73 Å². The molecule has 112 valence electrons. The number of hydrogen-bond acceptors (Lipinski definition) is 3. The van der Waals surface area contributed by atoms with E-state index in [1.807, 2.05) is 25.2 Å². The van der Waals surface area contributed by atoms with Gasteiger partial charge in [0.25, 0.3) is 0 Å². The highest BCUT2D eigenvalue weighted by Crippen LogP contribution is 2.14. The fraction of sp³-hybridized carbons (Fsp3) is 0.714. The van der Waals surface area contributed by atoms with Gasteiger partial charge in [0.05, 0.1) is 18.8 Å². The van der Waals surface area contributed by atoms with Crippen molar-refractivity contribution in [3.05, 3.63) is 23.8 Å². The zero-order valence-corrected chi connectivity index (χ0v) is 12.6. The molecular formula is C14H25F2NOS. The molecular weight excluding hydrogens is 268 g/mol. The van der Waals surface area contributed by atoms with Crippen molar-refractivity contribution in [1.82, 2.24) is 0 Å². The van der Waals surface area contributed by atoms with Crippen LogP contribution < -0.4 is 5.73 Å². The Labute approximate surface area is 119 Å². The summed E-state index contributed by atoms with van der Waals surface area (Å²) in [6, 6.07) is -0.647. The standard InChI is InChI=1S/C14H25F2NOS/c1-3-6-12(14(18-2)13(17)11-16)7-4-9-19-10-5-8-15/h4,6-7,13-14H,3,5,8-11,17H2,1-2H3/b7-4-,12-6+/t13?,14-/m1/s1. The molecule has 0 rings (SSSR count). The van der Waals surface area contributed by atoms with Crippen LogP contribution >= 0.6 is 11.8 Å². The number of alkyl halides is 2. The molecule has 5 heteroatoms.